The molecule has 94 valence electrons. The molecule has 0 saturated carbocycles. The first kappa shape index (κ1) is 13.0. The van der Waals surface area contributed by atoms with Crippen LogP contribution in [0, 0.1) is 0 Å². The lowest BCUT2D eigenvalue weighted by Gasteiger charge is -2.10. The van der Waals surface area contributed by atoms with Gasteiger partial charge in [-0.15, -0.1) is 0 Å². The average Bonchev–Trinajstić information content (AvgIpc) is 2.41. The maximum absolute atomic E-state index is 6.07. The first-order chi connectivity index (χ1) is 8.65. The van der Waals surface area contributed by atoms with E-state index in [1.165, 1.54) is 16.7 Å². The molecule has 0 radical (unpaired) electrons. The highest BCUT2D eigenvalue weighted by Gasteiger charge is 2.05. The van der Waals surface area contributed by atoms with Gasteiger partial charge in [0.15, 0.2) is 0 Å². The number of benzene rings is 2. The van der Waals surface area contributed by atoms with Crippen molar-refractivity contribution >= 4 is 17.3 Å². The fraction of sp³-hybridized carbons (Fsp3) is 0.250. The first-order valence-corrected chi connectivity index (χ1v) is 6.70. The first-order valence-electron chi connectivity index (χ1n) is 6.33. The molecule has 2 aromatic rings. The highest BCUT2D eigenvalue weighted by Crippen LogP contribution is 2.28. The predicted molar refractivity (Wildman–Crippen MR) is 80.1 cm³/mol. The highest BCUT2D eigenvalue weighted by molar-refractivity contribution is 6.33. The summed E-state index contributed by atoms with van der Waals surface area (Å²) in [6.45, 7) is 4.38. The van der Waals surface area contributed by atoms with E-state index in [0.717, 1.165) is 18.4 Å². The molecule has 0 spiro atoms. The number of hydrogen-bond donors (Lipinski definition) is 1. The normalized spacial score (nSPS) is 10.6. The fourth-order valence-corrected chi connectivity index (χ4v) is 2.37. The van der Waals surface area contributed by atoms with Crippen LogP contribution in [0.1, 0.15) is 25.0 Å². The number of nitrogen functional groups attached to an aromatic ring is 1. The Balaban J connectivity index is 2.47. The number of hydrogen-bond acceptors (Lipinski definition) is 1. The van der Waals surface area contributed by atoms with Crippen molar-refractivity contribution in [2.24, 2.45) is 0 Å². The molecule has 0 aliphatic heterocycles. The number of rotatable bonds is 3. The number of aryl methyl sites for hydroxylation is 2. The number of anilines is 1. The lowest BCUT2D eigenvalue weighted by Crippen LogP contribution is -1.92. The van der Waals surface area contributed by atoms with Crippen LogP contribution in [0.3, 0.4) is 0 Å². The Morgan fingerprint density at radius 1 is 0.889 bits per heavy atom. The van der Waals surface area contributed by atoms with E-state index in [9.17, 15) is 0 Å². The molecular formula is C16H18ClN. The SMILES string of the molecule is CCc1ccc(-c2ccc(N)c(Cl)c2)cc1CC. The van der Waals surface area contributed by atoms with Crippen LogP contribution in [0.5, 0.6) is 0 Å². The molecule has 0 atom stereocenters. The molecule has 0 aromatic heterocycles. The summed E-state index contributed by atoms with van der Waals surface area (Å²) in [4.78, 5) is 0. The summed E-state index contributed by atoms with van der Waals surface area (Å²) in [6, 6.07) is 12.4. The predicted octanol–water partition coefficient (Wildman–Crippen LogP) is 4.71. The summed E-state index contributed by atoms with van der Waals surface area (Å²) >= 11 is 6.07. The summed E-state index contributed by atoms with van der Waals surface area (Å²) in [7, 11) is 0. The zero-order chi connectivity index (χ0) is 13.1. The molecule has 18 heavy (non-hydrogen) atoms. The van der Waals surface area contributed by atoms with E-state index in [4.69, 9.17) is 17.3 Å². The van der Waals surface area contributed by atoms with Crippen LogP contribution in [0.15, 0.2) is 36.4 Å². The van der Waals surface area contributed by atoms with Gasteiger partial charge in [-0.1, -0.05) is 49.7 Å². The second-order valence-electron chi connectivity index (χ2n) is 4.43. The third-order valence-corrected chi connectivity index (χ3v) is 3.63. The quantitative estimate of drug-likeness (QED) is 0.794. The van der Waals surface area contributed by atoms with Gasteiger partial charge in [0.1, 0.15) is 0 Å². The summed E-state index contributed by atoms with van der Waals surface area (Å²) in [5.74, 6) is 0. The van der Waals surface area contributed by atoms with Gasteiger partial charge in [0.2, 0.25) is 0 Å². The van der Waals surface area contributed by atoms with E-state index in [2.05, 4.69) is 32.0 Å². The molecule has 2 aromatic carbocycles. The summed E-state index contributed by atoms with van der Waals surface area (Å²) in [6.07, 6.45) is 2.13. The van der Waals surface area contributed by atoms with Crippen molar-refractivity contribution in [3.8, 4) is 11.1 Å². The van der Waals surface area contributed by atoms with Gasteiger partial charge in [-0.3, -0.25) is 0 Å². The topological polar surface area (TPSA) is 26.0 Å². The van der Waals surface area contributed by atoms with Gasteiger partial charge in [-0.25, -0.2) is 0 Å². The minimum absolute atomic E-state index is 0.616. The largest absolute Gasteiger partial charge is 0.398 e. The average molecular weight is 260 g/mol. The van der Waals surface area contributed by atoms with Gasteiger partial charge >= 0.3 is 0 Å². The van der Waals surface area contributed by atoms with Crippen LogP contribution in [0.4, 0.5) is 5.69 Å². The molecule has 0 saturated heterocycles. The van der Waals surface area contributed by atoms with Crippen molar-refractivity contribution in [2.45, 2.75) is 26.7 Å². The Hall–Kier alpha value is -1.47. The number of halogens is 1. The molecule has 0 aliphatic rings. The van der Waals surface area contributed by atoms with Gasteiger partial charge in [0.05, 0.1) is 10.7 Å². The van der Waals surface area contributed by atoms with E-state index < -0.39 is 0 Å². The van der Waals surface area contributed by atoms with Crippen molar-refractivity contribution in [1.82, 2.24) is 0 Å². The van der Waals surface area contributed by atoms with Crippen molar-refractivity contribution in [3.05, 3.63) is 52.5 Å². The fourth-order valence-electron chi connectivity index (χ4n) is 2.19. The molecule has 0 unspecified atom stereocenters. The zero-order valence-electron chi connectivity index (χ0n) is 10.8. The summed E-state index contributed by atoms with van der Waals surface area (Å²) in [5, 5.41) is 0.616. The van der Waals surface area contributed by atoms with Crippen molar-refractivity contribution < 1.29 is 0 Å². The van der Waals surface area contributed by atoms with Crippen LogP contribution in [0.25, 0.3) is 11.1 Å². The molecule has 0 amide bonds. The third kappa shape index (κ3) is 2.51. The smallest absolute Gasteiger partial charge is 0.0641 e. The molecule has 2 heteroatoms. The van der Waals surface area contributed by atoms with Crippen molar-refractivity contribution in [1.29, 1.82) is 0 Å². The highest BCUT2D eigenvalue weighted by atomic mass is 35.5. The van der Waals surface area contributed by atoms with Crippen LogP contribution in [-0.2, 0) is 12.8 Å². The van der Waals surface area contributed by atoms with Gasteiger partial charge in [-0.05, 0) is 47.2 Å². The Morgan fingerprint density at radius 3 is 2.11 bits per heavy atom. The van der Waals surface area contributed by atoms with E-state index in [0.29, 0.717) is 10.7 Å². The Morgan fingerprint density at radius 2 is 1.50 bits per heavy atom. The van der Waals surface area contributed by atoms with Gasteiger partial charge in [0.25, 0.3) is 0 Å². The maximum Gasteiger partial charge on any atom is 0.0641 e. The van der Waals surface area contributed by atoms with Crippen molar-refractivity contribution in [2.75, 3.05) is 5.73 Å². The summed E-state index contributed by atoms with van der Waals surface area (Å²) < 4.78 is 0. The van der Waals surface area contributed by atoms with Crippen LogP contribution in [-0.4, -0.2) is 0 Å². The van der Waals surface area contributed by atoms with Gasteiger partial charge in [-0.2, -0.15) is 0 Å². The van der Waals surface area contributed by atoms with Gasteiger partial charge in [0, 0.05) is 0 Å². The van der Waals surface area contributed by atoms with E-state index in [-0.39, 0.29) is 0 Å². The molecule has 1 nitrogen and oxygen atoms in total. The molecule has 0 bridgehead atoms. The van der Waals surface area contributed by atoms with Crippen LogP contribution in [0.2, 0.25) is 5.02 Å². The Kier molecular flexibility index (Phi) is 3.93. The minimum Gasteiger partial charge on any atom is -0.398 e. The number of nitrogens with two attached hydrogens (primary N) is 1. The van der Waals surface area contributed by atoms with Crippen LogP contribution < -0.4 is 5.73 Å². The van der Waals surface area contributed by atoms with E-state index in [1.54, 1.807) is 0 Å². The minimum atomic E-state index is 0.616. The summed E-state index contributed by atoms with van der Waals surface area (Å²) in [5.41, 5.74) is 11.5. The third-order valence-electron chi connectivity index (χ3n) is 3.30. The molecule has 0 heterocycles. The van der Waals surface area contributed by atoms with Gasteiger partial charge < -0.3 is 5.73 Å². The maximum atomic E-state index is 6.07. The zero-order valence-corrected chi connectivity index (χ0v) is 11.6. The second kappa shape index (κ2) is 5.45. The van der Waals surface area contributed by atoms with E-state index >= 15 is 0 Å². The van der Waals surface area contributed by atoms with Crippen LogP contribution >= 0.6 is 11.6 Å². The monoisotopic (exact) mass is 259 g/mol. The van der Waals surface area contributed by atoms with Crippen molar-refractivity contribution in [3.63, 3.8) is 0 Å². The lowest BCUT2D eigenvalue weighted by molar-refractivity contribution is 1.04. The second-order valence-corrected chi connectivity index (χ2v) is 4.83. The molecule has 0 fully saturated rings. The standard InChI is InChI=1S/C16H18ClN/c1-3-11-5-6-13(9-12(11)4-2)14-7-8-16(18)15(17)10-14/h5-10H,3-4,18H2,1-2H3. The molecule has 0 aliphatic carbocycles. The molecule has 2 N–H and O–H groups in total. The Bertz CT molecular complexity index is 561. The lowest BCUT2D eigenvalue weighted by atomic mass is 9.96. The molecule has 2 rings (SSSR count). The van der Waals surface area contributed by atoms with E-state index in [1.807, 2.05) is 18.2 Å². The Labute approximate surface area is 114 Å². The molecular weight excluding hydrogens is 242 g/mol.